The topological polar surface area (TPSA) is 76.5 Å². The Morgan fingerprint density at radius 3 is 2.78 bits per heavy atom. The number of aliphatic imine (C=N–C) groups is 1. The van der Waals surface area contributed by atoms with Crippen LogP contribution in [-0.2, 0) is 9.53 Å². The van der Waals surface area contributed by atoms with Crippen molar-refractivity contribution in [3.63, 3.8) is 0 Å². The first kappa shape index (κ1) is 20.1. The zero-order valence-electron chi connectivity index (χ0n) is 14.4. The van der Waals surface area contributed by atoms with E-state index in [-0.39, 0.29) is 12.4 Å². The number of hydrogen-bond acceptors (Lipinski definition) is 7. The van der Waals surface area contributed by atoms with Crippen molar-refractivity contribution < 1.29 is 13.9 Å². The molecule has 0 spiro atoms. The number of carbonyl (C=O) groups excluding carboxylic acids is 1. The molecular formula is C17H15Br2FN4O2S. The number of alkyl halides is 1. The molecule has 0 saturated heterocycles. The Morgan fingerprint density at radius 2 is 2.19 bits per heavy atom. The van der Waals surface area contributed by atoms with Gasteiger partial charge in [0.1, 0.15) is 16.9 Å². The van der Waals surface area contributed by atoms with Crippen LogP contribution in [-0.4, -0.2) is 33.9 Å². The molecule has 6 nitrogen and oxygen atoms in total. The molecule has 0 radical (unpaired) electrons. The molecule has 1 aromatic heterocycles. The second-order valence-electron chi connectivity index (χ2n) is 5.54. The Hall–Kier alpha value is -1.65. The van der Waals surface area contributed by atoms with Crippen LogP contribution in [0.25, 0.3) is 0 Å². The fourth-order valence-corrected chi connectivity index (χ4v) is 4.25. The SMILES string of the molecule is CCOC(=O)C1=C(CBr)NC(c2nnc(C)s2)=NC1c1ccc(F)cc1Br. The number of nitrogens with zero attached hydrogens (tertiary/aromatic N) is 3. The van der Waals surface area contributed by atoms with Gasteiger partial charge in [0.05, 0.1) is 12.2 Å². The number of ether oxygens (including phenoxy) is 1. The summed E-state index contributed by atoms with van der Waals surface area (Å²) < 4.78 is 19.3. The molecule has 27 heavy (non-hydrogen) atoms. The Labute approximate surface area is 176 Å². The second-order valence-corrected chi connectivity index (χ2v) is 8.14. The van der Waals surface area contributed by atoms with Crippen molar-refractivity contribution in [1.29, 1.82) is 0 Å². The highest BCUT2D eigenvalue weighted by molar-refractivity contribution is 9.10. The monoisotopic (exact) mass is 516 g/mol. The number of amidine groups is 1. The predicted molar refractivity (Wildman–Crippen MR) is 109 cm³/mol. The summed E-state index contributed by atoms with van der Waals surface area (Å²) in [6.45, 7) is 3.83. The lowest BCUT2D eigenvalue weighted by Gasteiger charge is -2.26. The van der Waals surface area contributed by atoms with Gasteiger partial charge in [-0.1, -0.05) is 49.3 Å². The van der Waals surface area contributed by atoms with Gasteiger partial charge in [-0.2, -0.15) is 0 Å². The van der Waals surface area contributed by atoms with E-state index >= 15 is 0 Å². The van der Waals surface area contributed by atoms with E-state index < -0.39 is 12.0 Å². The van der Waals surface area contributed by atoms with Gasteiger partial charge < -0.3 is 10.1 Å². The van der Waals surface area contributed by atoms with Crippen molar-refractivity contribution >= 4 is 55.0 Å². The van der Waals surface area contributed by atoms with Crippen LogP contribution in [0.3, 0.4) is 0 Å². The average Bonchev–Trinajstić information content (AvgIpc) is 3.07. The maximum Gasteiger partial charge on any atom is 0.338 e. The summed E-state index contributed by atoms with van der Waals surface area (Å²) in [4.78, 5) is 17.3. The number of allylic oxidation sites excluding steroid dienone is 1. The highest BCUT2D eigenvalue weighted by atomic mass is 79.9. The van der Waals surface area contributed by atoms with E-state index in [1.54, 1.807) is 13.0 Å². The summed E-state index contributed by atoms with van der Waals surface area (Å²) in [7, 11) is 0. The minimum absolute atomic E-state index is 0.237. The normalized spacial score (nSPS) is 16.8. The Morgan fingerprint density at radius 1 is 1.41 bits per heavy atom. The summed E-state index contributed by atoms with van der Waals surface area (Å²) in [6, 6.07) is 3.61. The number of hydrogen-bond donors (Lipinski definition) is 1. The van der Waals surface area contributed by atoms with E-state index in [4.69, 9.17) is 9.73 Å². The third-order valence-electron chi connectivity index (χ3n) is 3.74. The number of carbonyl (C=O) groups is 1. The maximum atomic E-state index is 13.6. The molecule has 10 heteroatoms. The van der Waals surface area contributed by atoms with Gasteiger partial charge in [0.2, 0.25) is 0 Å². The molecule has 142 valence electrons. The maximum absolute atomic E-state index is 13.6. The molecule has 2 heterocycles. The predicted octanol–water partition coefficient (Wildman–Crippen LogP) is 4.05. The summed E-state index contributed by atoms with van der Waals surface area (Å²) in [5, 5.41) is 13.1. The fourth-order valence-electron chi connectivity index (χ4n) is 2.60. The number of halogens is 3. The highest BCUT2D eigenvalue weighted by Gasteiger charge is 2.33. The van der Waals surface area contributed by atoms with Gasteiger partial charge in [-0.15, -0.1) is 10.2 Å². The van der Waals surface area contributed by atoms with Crippen LogP contribution in [0.4, 0.5) is 4.39 Å². The zero-order valence-corrected chi connectivity index (χ0v) is 18.4. The van der Waals surface area contributed by atoms with Gasteiger partial charge in [-0.3, -0.25) is 4.99 Å². The van der Waals surface area contributed by atoms with Crippen LogP contribution in [0.1, 0.15) is 28.5 Å². The van der Waals surface area contributed by atoms with Crippen LogP contribution in [0.2, 0.25) is 0 Å². The number of aromatic nitrogens is 2. The van der Waals surface area contributed by atoms with E-state index in [1.807, 2.05) is 6.92 Å². The third-order valence-corrected chi connectivity index (χ3v) is 5.83. The highest BCUT2D eigenvalue weighted by Crippen LogP contribution is 2.37. The standard InChI is InChI=1S/C17H15Br2FN4O2S/c1-3-26-17(25)13-12(7-18)21-15(16-24-23-8(2)27-16)22-14(13)10-5-4-9(20)6-11(10)19/h4-6,14H,3,7H2,1-2H3,(H,21,22). The molecule has 1 aliphatic heterocycles. The lowest BCUT2D eigenvalue weighted by molar-refractivity contribution is -0.138. The summed E-state index contributed by atoms with van der Waals surface area (Å²) in [5.74, 6) is -0.355. The first-order chi connectivity index (χ1) is 12.9. The van der Waals surface area contributed by atoms with Crippen molar-refractivity contribution in [1.82, 2.24) is 15.5 Å². The van der Waals surface area contributed by atoms with E-state index in [9.17, 15) is 9.18 Å². The molecule has 2 aromatic rings. The second kappa shape index (κ2) is 8.57. The molecule has 0 fully saturated rings. The van der Waals surface area contributed by atoms with Crippen molar-refractivity contribution in [3.05, 3.63) is 55.3 Å². The van der Waals surface area contributed by atoms with E-state index in [2.05, 4.69) is 47.4 Å². The van der Waals surface area contributed by atoms with E-state index in [0.29, 0.717) is 37.5 Å². The van der Waals surface area contributed by atoms with Crippen LogP contribution >= 0.6 is 43.2 Å². The Kier molecular flexibility index (Phi) is 6.38. The van der Waals surface area contributed by atoms with Crippen LogP contribution in [0.15, 0.2) is 38.9 Å². The molecule has 3 rings (SSSR count). The first-order valence-electron chi connectivity index (χ1n) is 8.01. The number of esters is 1. The average molecular weight is 518 g/mol. The quantitative estimate of drug-likeness (QED) is 0.478. The first-order valence-corrected chi connectivity index (χ1v) is 10.7. The Balaban J connectivity index is 2.15. The number of rotatable bonds is 5. The summed E-state index contributed by atoms with van der Waals surface area (Å²) >= 11 is 8.19. The van der Waals surface area contributed by atoms with Gasteiger partial charge in [0.15, 0.2) is 10.8 Å². The molecule has 1 unspecified atom stereocenters. The Bertz CT molecular complexity index is 945. The molecule has 1 aromatic carbocycles. The zero-order chi connectivity index (χ0) is 19.6. The summed E-state index contributed by atoms with van der Waals surface area (Å²) in [5.41, 5.74) is 1.64. The van der Waals surface area contributed by atoms with Gasteiger partial charge in [-0.25, -0.2) is 9.18 Å². The third kappa shape index (κ3) is 4.27. The lowest BCUT2D eigenvalue weighted by atomic mass is 9.96. The molecule has 0 aliphatic carbocycles. The number of benzene rings is 1. The molecular weight excluding hydrogens is 503 g/mol. The molecule has 0 saturated carbocycles. The van der Waals surface area contributed by atoms with Crippen molar-refractivity contribution in [2.24, 2.45) is 4.99 Å². The molecule has 1 N–H and O–H groups in total. The van der Waals surface area contributed by atoms with Gasteiger partial charge in [0.25, 0.3) is 0 Å². The van der Waals surface area contributed by atoms with Gasteiger partial charge in [-0.05, 0) is 31.5 Å². The summed E-state index contributed by atoms with van der Waals surface area (Å²) in [6.07, 6.45) is 0. The molecule has 1 atom stereocenters. The van der Waals surface area contributed by atoms with E-state index in [0.717, 1.165) is 5.01 Å². The minimum Gasteiger partial charge on any atom is -0.463 e. The van der Waals surface area contributed by atoms with Crippen LogP contribution in [0, 0.1) is 12.7 Å². The van der Waals surface area contributed by atoms with Crippen molar-refractivity contribution in [3.8, 4) is 0 Å². The lowest BCUT2D eigenvalue weighted by Crippen LogP contribution is -2.34. The number of aryl methyl sites for hydroxylation is 1. The van der Waals surface area contributed by atoms with Crippen LogP contribution < -0.4 is 5.32 Å². The molecule has 1 aliphatic rings. The smallest absolute Gasteiger partial charge is 0.338 e. The van der Waals surface area contributed by atoms with Gasteiger partial charge >= 0.3 is 5.97 Å². The largest absolute Gasteiger partial charge is 0.463 e. The van der Waals surface area contributed by atoms with E-state index in [1.165, 1.54) is 23.5 Å². The minimum atomic E-state index is -0.674. The molecule has 0 amide bonds. The van der Waals surface area contributed by atoms with Crippen LogP contribution in [0.5, 0.6) is 0 Å². The number of nitrogens with one attached hydrogen (secondary N) is 1. The van der Waals surface area contributed by atoms with Gasteiger partial charge in [0, 0.05) is 15.5 Å². The fraction of sp³-hybridized carbons (Fsp3) is 0.294. The van der Waals surface area contributed by atoms with Crippen molar-refractivity contribution in [2.75, 3.05) is 11.9 Å². The molecule has 0 bridgehead atoms. The van der Waals surface area contributed by atoms with Crippen molar-refractivity contribution in [2.45, 2.75) is 19.9 Å².